The van der Waals surface area contributed by atoms with Crippen molar-refractivity contribution in [3.05, 3.63) is 98.0 Å². The lowest BCUT2D eigenvalue weighted by atomic mass is 10.1. The third-order valence-electron chi connectivity index (χ3n) is 5.43. The van der Waals surface area contributed by atoms with Crippen LogP contribution in [0, 0.1) is 6.92 Å². The van der Waals surface area contributed by atoms with Crippen molar-refractivity contribution in [3.63, 3.8) is 0 Å². The Morgan fingerprint density at radius 1 is 1.06 bits per heavy atom. The lowest BCUT2D eigenvalue weighted by Crippen LogP contribution is -2.43. The van der Waals surface area contributed by atoms with Crippen molar-refractivity contribution >= 4 is 27.5 Å². The Morgan fingerprint density at radius 3 is 2.59 bits per heavy atom. The molecular weight excluding hydrogens is 422 g/mol. The Balaban J connectivity index is 1.59. The van der Waals surface area contributed by atoms with Gasteiger partial charge in [-0.2, -0.15) is 0 Å². The maximum absolute atomic E-state index is 13.3. The largest absolute Gasteiger partial charge is 0.352 e. The van der Waals surface area contributed by atoms with E-state index in [-0.39, 0.29) is 24.1 Å². The van der Waals surface area contributed by atoms with Crippen molar-refractivity contribution in [2.45, 2.75) is 39.3 Å². The van der Waals surface area contributed by atoms with Crippen LogP contribution in [-0.4, -0.2) is 21.1 Å². The molecule has 2 aromatic heterocycles. The molecule has 0 bridgehead atoms. The van der Waals surface area contributed by atoms with E-state index in [0.717, 1.165) is 23.0 Å². The molecule has 0 radical (unpaired) electrons. The van der Waals surface area contributed by atoms with Crippen LogP contribution in [0.2, 0.25) is 0 Å². The fraction of sp³-hybridized carbons (Fsp3) is 0.240. The molecule has 1 unspecified atom stereocenters. The van der Waals surface area contributed by atoms with E-state index < -0.39 is 5.69 Å². The maximum atomic E-state index is 13.3. The highest BCUT2D eigenvalue weighted by atomic mass is 32.1. The Morgan fingerprint density at radius 2 is 1.84 bits per heavy atom. The fourth-order valence-electron chi connectivity index (χ4n) is 3.80. The predicted octanol–water partition coefficient (Wildman–Crippen LogP) is 3.66. The van der Waals surface area contributed by atoms with Gasteiger partial charge in [0.15, 0.2) is 0 Å². The average Bonchev–Trinajstić information content (AvgIpc) is 3.26. The van der Waals surface area contributed by atoms with E-state index in [0.29, 0.717) is 15.9 Å². The van der Waals surface area contributed by atoms with Gasteiger partial charge in [-0.15, -0.1) is 11.3 Å². The molecule has 1 amide bonds. The molecule has 2 aromatic carbocycles. The smallest absolute Gasteiger partial charge is 0.336 e. The first kappa shape index (κ1) is 21.8. The van der Waals surface area contributed by atoms with Crippen LogP contribution >= 0.6 is 11.3 Å². The van der Waals surface area contributed by atoms with Gasteiger partial charge in [0.05, 0.1) is 11.2 Å². The average molecular weight is 448 g/mol. The molecule has 2 heterocycles. The van der Waals surface area contributed by atoms with E-state index in [1.807, 2.05) is 38.1 Å². The van der Waals surface area contributed by atoms with Crippen LogP contribution in [0.1, 0.15) is 24.5 Å². The minimum Gasteiger partial charge on any atom is -0.352 e. The summed E-state index contributed by atoms with van der Waals surface area (Å²) in [7, 11) is 0. The molecule has 164 valence electrons. The van der Waals surface area contributed by atoms with Crippen LogP contribution in [0.15, 0.2) is 75.6 Å². The Hall–Kier alpha value is -3.45. The standard InChI is InChI=1S/C25H25N3O3S/c1-17-7-6-10-20(15-17)28-24(30)23-21(13-14-32-23)27(25(28)31)16-22(29)26-18(2)11-12-19-8-4-3-5-9-19/h3-10,13-15,18H,11-12,16H2,1-2H3,(H,26,29). The molecular formula is C25H25N3O3S. The molecule has 0 saturated carbocycles. The predicted molar refractivity (Wildman–Crippen MR) is 129 cm³/mol. The number of nitrogens with one attached hydrogen (secondary N) is 1. The van der Waals surface area contributed by atoms with Crippen molar-refractivity contribution in [1.29, 1.82) is 0 Å². The van der Waals surface area contributed by atoms with Crippen LogP contribution in [0.3, 0.4) is 0 Å². The number of amides is 1. The highest BCUT2D eigenvalue weighted by molar-refractivity contribution is 7.17. The topological polar surface area (TPSA) is 73.1 Å². The van der Waals surface area contributed by atoms with Gasteiger partial charge in [0.25, 0.3) is 5.56 Å². The third kappa shape index (κ3) is 4.57. The number of fused-ring (bicyclic) bond motifs is 1. The van der Waals surface area contributed by atoms with Crippen LogP contribution in [0.5, 0.6) is 0 Å². The highest BCUT2D eigenvalue weighted by Crippen LogP contribution is 2.17. The molecule has 4 aromatic rings. The summed E-state index contributed by atoms with van der Waals surface area (Å²) < 4.78 is 2.99. The van der Waals surface area contributed by atoms with E-state index in [4.69, 9.17) is 0 Å². The van der Waals surface area contributed by atoms with Crippen LogP contribution in [0.4, 0.5) is 0 Å². The molecule has 32 heavy (non-hydrogen) atoms. The van der Waals surface area contributed by atoms with Gasteiger partial charge in [-0.3, -0.25) is 14.2 Å². The van der Waals surface area contributed by atoms with Gasteiger partial charge in [0.1, 0.15) is 11.2 Å². The minimum atomic E-state index is -0.515. The first-order valence-corrected chi connectivity index (χ1v) is 11.5. The number of aryl methyl sites for hydroxylation is 2. The summed E-state index contributed by atoms with van der Waals surface area (Å²) in [6.07, 6.45) is 1.65. The molecule has 1 atom stereocenters. The Kier molecular flexibility index (Phi) is 6.37. The number of nitrogens with zero attached hydrogens (tertiary/aromatic N) is 2. The number of carbonyl (C=O) groups excluding carboxylic acids is 1. The van der Waals surface area contributed by atoms with Crippen molar-refractivity contribution in [1.82, 2.24) is 14.5 Å². The molecule has 0 aliphatic rings. The van der Waals surface area contributed by atoms with Gasteiger partial charge >= 0.3 is 5.69 Å². The van der Waals surface area contributed by atoms with Crippen molar-refractivity contribution in [2.24, 2.45) is 0 Å². The minimum absolute atomic E-state index is 0.0425. The second-order valence-corrected chi connectivity index (χ2v) is 8.89. The zero-order valence-corrected chi connectivity index (χ0v) is 18.9. The number of hydrogen-bond acceptors (Lipinski definition) is 4. The first-order valence-electron chi connectivity index (χ1n) is 10.6. The van der Waals surface area contributed by atoms with Crippen molar-refractivity contribution in [3.8, 4) is 5.69 Å². The summed E-state index contributed by atoms with van der Waals surface area (Å²) in [5.41, 5.74) is 2.27. The molecule has 0 fully saturated rings. The molecule has 4 rings (SSSR count). The number of thiophene rings is 1. The van der Waals surface area contributed by atoms with Gasteiger partial charge in [-0.05, 0) is 61.4 Å². The lowest BCUT2D eigenvalue weighted by molar-refractivity contribution is -0.122. The molecule has 0 aliphatic carbocycles. The summed E-state index contributed by atoms with van der Waals surface area (Å²) >= 11 is 1.27. The second kappa shape index (κ2) is 9.36. The first-order chi connectivity index (χ1) is 15.4. The number of carbonyl (C=O) groups is 1. The highest BCUT2D eigenvalue weighted by Gasteiger charge is 2.18. The van der Waals surface area contributed by atoms with Crippen LogP contribution in [-0.2, 0) is 17.8 Å². The van der Waals surface area contributed by atoms with Gasteiger partial charge < -0.3 is 5.32 Å². The Bertz CT molecular complexity index is 1370. The van der Waals surface area contributed by atoms with E-state index >= 15 is 0 Å². The number of aromatic nitrogens is 2. The Labute approximate surface area is 189 Å². The molecule has 6 nitrogen and oxygen atoms in total. The van der Waals surface area contributed by atoms with E-state index in [1.54, 1.807) is 29.6 Å². The van der Waals surface area contributed by atoms with Crippen LogP contribution in [0.25, 0.3) is 15.9 Å². The van der Waals surface area contributed by atoms with E-state index in [9.17, 15) is 14.4 Å². The van der Waals surface area contributed by atoms with E-state index in [1.165, 1.54) is 21.5 Å². The molecule has 1 N–H and O–H groups in total. The number of hydrogen-bond donors (Lipinski definition) is 1. The molecule has 0 saturated heterocycles. The van der Waals surface area contributed by atoms with Gasteiger partial charge in [-0.25, -0.2) is 9.36 Å². The van der Waals surface area contributed by atoms with Gasteiger partial charge in [0.2, 0.25) is 5.91 Å². The fourth-order valence-corrected chi connectivity index (χ4v) is 4.62. The van der Waals surface area contributed by atoms with Crippen LogP contribution < -0.4 is 16.6 Å². The SMILES string of the molecule is Cc1cccc(-n2c(=O)c3sccc3n(CC(=O)NC(C)CCc3ccccc3)c2=O)c1. The molecule has 7 heteroatoms. The van der Waals surface area contributed by atoms with Crippen molar-refractivity contribution < 1.29 is 4.79 Å². The molecule has 0 aliphatic heterocycles. The summed E-state index contributed by atoms with van der Waals surface area (Å²) in [5.74, 6) is -0.255. The van der Waals surface area contributed by atoms with E-state index in [2.05, 4.69) is 17.4 Å². The van der Waals surface area contributed by atoms with Gasteiger partial charge in [-0.1, -0.05) is 42.5 Å². The quantitative estimate of drug-likeness (QED) is 0.470. The monoisotopic (exact) mass is 447 g/mol. The zero-order valence-electron chi connectivity index (χ0n) is 18.1. The summed E-state index contributed by atoms with van der Waals surface area (Å²) in [4.78, 5) is 39.1. The number of rotatable bonds is 7. The normalized spacial score (nSPS) is 12.1. The van der Waals surface area contributed by atoms with Crippen molar-refractivity contribution in [2.75, 3.05) is 0 Å². The summed E-state index contributed by atoms with van der Waals surface area (Å²) in [5, 5.41) is 4.75. The summed E-state index contributed by atoms with van der Waals surface area (Å²) in [6, 6.07) is 19.0. The summed E-state index contributed by atoms with van der Waals surface area (Å²) in [6.45, 7) is 3.71. The maximum Gasteiger partial charge on any atom is 0.336 e. The second-order valence-electron chi connectivity index (χ2n) is 7.98. The third-order valence-corrected chi connectivity index (χ3v) is 6.32. The zero-order chi connectivity index (χ0) is 22.7. The molecule has 0 spiro atoms. The number of benzene rings is 2. The lowest BCUT2D eigenvalue weighted by Gasteiger charge is -2.16. The van der Waals surface area contributed by atoms with Gasteiger partial charge in [0, 0.05) is 6.04 Å².